The Morgan fingerprint density at radius 3 is 2.52 bits per heavy atom. The third-order valence-corrected chi connectivity index (χ3v) is 6.24. The molecular formula is C21H33NO3. The van der Waals surface area contributed by atoms with E-state index in [9.17, 15) is 5.11 Å². The van der Waals surface area contributed by atoms with Crippen molar-refractivity contribution >= 4 is 0 Å². The Labute approximate surface area is 152 Å². The Balaban J connectivity index is 1.95. The van der Waals surface area contributed by atoms with E-state index < -0.39 is 5.60 Å². The van der Waals surface area contributed by atoms with Crippen LogP contribution >= 0.6 is 0 Å². The summed E-state index contributed by atoms with van der Waals surface area (Å²) in [4.78, 5) is 2.57. The van der Waals surface area contributed by atoms with Gasteiger partial charge in [0.2, 0.25) is 0 Å². The van der Waals surface area contributed by atoms with Crippen LogP contribution in [0.15, 0.2) is 12.1 Å². The molecule has 0 saturated carbocycles. The summed E-state index contributed by atoms with van der Waals surface area (Å²) >= 11 is 0. The first kappa shape index (κ1) is 18.5. The highest BCUT2D eigenvalue weighted by Crippen LogP contribution is 2.47. The molecule has 1 N–H and O–H groups in total. The topological polar surface area (TPSA) is 41.9 Å². The van der Waals surface area contributed by atoms with Gasteiger partial charge < -0.3 is 14.6 Å². The van der Waals surface area contributed by atoms with Crippen LogP contribution in [0.25, 0.3) is 0 Å². The lowest BCUT2D eigenvalue weighted by Gasteiger charge is -2.51. The maximum absolute atomic E-state index is 11.4. The number of methoxy groups -OCH3 is 2. The van der Waals surface area contributed by atoms with Crippen molar-refractivity contribution in [1.82, 2.24) is 4.90 Å². The van der Waals surface area contributed by atoms with E-state index in [0.717, 1.165) is 50.3 Å². The van der Waals surface area contributed by atoms with Crippen LogP contribution in [-0.2, 0) is 6.42 Å². The molecule has 0 aliphatic carbocycles. The highest BCUT2D eigenvalue weighted by Gasteiger charge is 2.46. The molecule has 25 heavy (non-hydrogen) atoms. The number of aliphatic hydroxyl groups is 1. The molecule has 0 unspecified atom stereocenters. The quantitative estimate of drug-likeness (QED) is 0.879. The molecule has 3 rings (SSSR count). The molecule has 0 aromatic heterocycles. The normalized spacial score (nSPS) is 29.2. The molecule has 0 spiro atoms. The lowest BCUT2D eigenvalue weighted by Crippen LogP contribution is -2.54. The second-order valence-corrected chi connectivity index (χ2v) is 8.15. The summed E-state index contributed by atoms with van der Waals surface area (Å²) in [6.07, 6.45) is 3.75. The van der Waals surface area contributed by atoms with Crippen molar-refractivity contribution in [2.75, 3.05) is 27.3 Å². The minimum atomic E-state index is -0.576. The molecule has 1 aromatic carbocycles. The number of rotatable bonds is 5. The third kappa shape index (κ3) is 3.39. The molecule has 1 saturated heterocycles. The van der Waals surface area contributed by atoms with Gasteiger partial charge in [-0.15, -0.1) is 0 Å². The van der Waals surface area contributed by atoms with Gasteiger partial charge in [0, 0.05) is 25.0 Å². The van der Waals surface area contributed by atoms with Crippen molar-refractivity contribution in [3.05, 3.63) is 23.3 Å². The second kappa shape index (κ2) is 7.16. The molecule has 2 aliphatic heterocycles. The van der Waals surface area contributed by atoms with E-state index in [1.807, 2.05) is 0 Å². The zero-order valence-electron chi connectivity index (χ0n) is 16.3. The number of hydrogen-bond acceptors (Lipinski definition) is 4. The number of fused-ring (bicyclic) bond motifs is 3. The molecule has 0 bridgehead atoms. The van der Waals surface area contributed by atoms with Crippen LogP contribution < -0.4 is 9.47 Å². The van der Waals surface area contributed by atoms with Crippen molar-refractivity contribution in [3.63, 3.8) is 0 Å². The average Bonchev–Trinajstić information content (AvgIpc) is 2.60. The summed E-state index contributed by atoms with van der Waals surface area (Å²) in [6, 6.07) is 4.53. The smallest absolute Gasteiger partial charge is 0.161 e. The van der Waals surface area contributed by atoms with Crippen LogP contribution in [0.4, 0.5) is 0 Å². The van der Waals surface area contributed by atoms with E-state index in [1.165, 1.54) is 11.1 Å². The maximum atomic E-state index is 11.4. The lowest BCUT2D eigenvalue weighted by atomic mass is 9.70. The van der Waals surface area contributed by atoms with Crippen molar-refractivity contribution in [2.45, 2.75) is 58.1 Å². The molecule has 4 heteroatoms. The minimum absolute atomic E-state index is 0.275. The van der Waals surface area contributed by atoms with Crippen LogP contribution in [0, 0.1) is 11.8 Å². The zero-order chi connectivity index (χ0) is 18.2. The molecule has 1 fully saturated rings. The van der Waals surface area contributed by atoms with Crippen LogP contribution in [0.1, 0.15) is 57.2 Å². The molecule has 2 aliphatic rings. The summed E-state index contributed by atoms with van der Waals surface area (Å²) in [5.74, 6) is 2.55. The first-order valence-corrected chi connectivity index (χ1v) is 9.63. The third-order valence-electron chi connectivity index (χ3n) is 6.24. The highest BCUT2D eigenvalue weighted by molar-refractivity contribution is 5.49. The Morgan fingerprint density at radius 2 is 1.92 bits per heavy atom. The standard InChI is InChI=1S/C21H33NO3/c1-6-21(23)12-18-17-11-20(25-5)19(24-4)10-15(17)7-8-22(18)13-16(21)9-14(2)3/h10-11,14,16,18,23H,6-9,12-13H2,1-5H3/t16-,18+,21+/m1/s1. The van der Waals surface area contributed by atoms with E-state index in [1.54, 1.807) is 14.2 Å². The number of piperidine rings is 1. The van der Waals surface area contributed by atoms with Gasteiger partial charge in [-0.05, 0) is 54.9 Å². The largest absolute Gasteiger partial charge is 0.493 e. The highest BCUT2D eigenvalue weighted by atomic mass is 16.5. The molecular weight excluding hydrogens is 314 g/mol. The van der Waals surface area contributed by atoms with Crippen LogP contribution in [0.5, 0.6) is 11.5 Å². The summed E-state index contributed by atoms with van der Waals surface area (Å²) in [7, 11) is 3.37. The number of benzene rings is 1. The molecule has 1 aromatic rings. The number of nitrogens with zero attached hydrogens (tertiary/aromatic N) is 1. The summed E-state index contributed by atoms with van der Waals surface area (Å²) < 4.78 is 11.0. The fourth-order valence-electron chi connectivity index (χ4n) is 4.79. The van der Waals surface area contributed by atoms with E-state index >= 15 is 0 Å². The molecule has 2 heterocycles. The molecule has 0 radical (unpaired) electrons. The fourth-order valence-corrected chi connectivity index (χ4v) is 4.79. The Morgan fingerprint density at radius 1 is 1.24 bits per heavy atom. The van der Waals surface area contributed by atoms with Gasteiger partial charge >= 0.3 is 0 Å². The van der Waals surface area contributed by atoms with Crippen LogP contribution in [-0.4, -0.2) is 42.9 Å². The van der Waals surface area contributed by atoms with Gasteiger partial charge in [-0.1, -0.05) is 20.8 Å². The van der Waals surface area contributed by atoms with E-state index in [-0.39, 0.29) is 6.04 Å². The Hall–Kier alpha value is -1.26. The summed E-state index contributed by atoms with van der Waals surface area (Å²) in [6.45, 7) is 8.68. The van der Waals surface area contributed by atoms with Gasteiger partial charge in [-0.2, -0.15) is 0 Å². The first-order chi connectivity index (χ1) is 11.9. The molecule has 3 atom stereocenters. The predicted octanol–water partition coefficient (Wildman–Crippen LogP) is 3.81. The van der Waals surface area contributed by atoms with Crippen molar-refractivity contribution in [1.29, 1.82) is 0 Å². The monoisotopic (exact) mass is 347 g/mol. The van der Waals surface area contributed by atoms with E-state index in [0.29, 0.717) is 11.8 Å². The minimum Gasteiger partial charge on any atom is -0.493 e. The average molecular weight is 347 g/mol. The molecule has 140 valence electrons. The fraction of sp³-hybridized carbons (Fsp3) is 0.714. The first-order valence-electron chi connectivity index (χ1n) is 9.63. The molecule has 0 amide bonds. The number of hydrogen-bond donors (Lipinski definition) is 1. The SMILES string of the molecule is CC[C@]1(O)C[C@H]2c3cc(OC)c(OC)cc3CCN2C[C@H]1CC(C)C. The summed E-state index contributed by atoms with van der Waals surface area (Å²) in [5.41, 5.74) is 2.06. The van der Waals surface area contributed by atoms with Gasteiger partial charge in [0.15, 0.2) is 11.5 Å². The zero-order valence-corrected chi connectivity index (χ0v) is 16.3. The van der Waals surface area contributed by atoms with Gasteiger partial charge in [0.1, 0.15) is 0 Å². The predicted molar refractivity (Wildman–Crippen MR) is 100 cm³/mol. The van der Waals surface area contributed by atoms with Gasteiger partial charge in [0.25, 0.3) is 0 Å². The second-order valence-electron chi connectivity index (χ2n) is 8.15. The number of ether oxygens (including phenoxy) is 2. The Bertz CT molecular complexity index is 615. The van der Waals surface area contributed by atoms with Gasteiger partial charge in [-0.3, -0.25) is 4.90 Å². The van der Waals surface area contributed by atoms with Crippen LogP contribution in [0.2, 0.25) is 0 Å². The van der Waals surface area contributed by atoms with Gasteiger partial charge in [0.05, 0.1) is 19.8 Å². The van der Waals surface area contributed by atoms with Crippen molar-refractivity contribution < 1.29 is 14.6 Å². The van der Waals surface area contributed by atoms with E-state index in [4.69, 9.17) is 9.47 Å². The lowest BCUT2D eigenvalue weighted by molar-refractivity contribution is -0.105. The summed E-state index contributed by atoms with van der Waals surface area (Å²) in [5, 5.41) is 11.4. The van der Waals surface area contributed by atoms with E-state index in [2.05, 4.69) is 37.8 Å². The Kier molecular flexibility index (Phi) is 5.31. The molecule has 4 nitrogen and oxygen atoms in total. The van der Waals surface area contributed by atoms with Gasteiger partial charge in [-0.25, -0.2) is 0 Å². The maximum Gasteiger partial charge on any atom is 0.161 e. The van der Waals surface area contributed by atoms with Crippen molar-refractivity contribution in [2.24, 2.45) is 11.8 Å². The van der Waals surface area contributed by atoms with Crippen LogP contribution in [0.3, 0.4) is 0 Å². The van der Waals surface area contributed by atoms with Crippen molar-refractivity contribution in [3.8, 4) is 11.5 Å².